The second-order valence-corrected chi connectivity index (χ2v) is 5.60. The summed E-state index contributed by atoms with van der Waals surface area (Å²) in [5, 5.41) is 7.14. The Bertz CT molecular complexity index is 469. The monoisotopic (exact) mass is 264 g/mol. The molecule has 18 heavy (non-hydrogen) atoms. The molecule has 3 nitrogen and oxygen atoms in total. The van der Waals surface area contributed by atoms with Gasteiger partial charge < -0.3 is 10.6 Å². The first-order valence-electron chi connectivity index (χ1n) is 6.47. The molecule has 1 unspecified atom stereocenters. The van der Waals surface area contributed by atoms with E-state index >= 15 is 0 Å². The van der Waals surface area contributed by atoms with Gasteiger partial charge in [0.2, 0.25) is 5.91 Å². The summed E-state index contributed by atoms with van der Waals surface area (Å²) in [5.74, 6) is 0.412. The number of hydrogen-bond acceptors (Lipinski definition) is 2. The molecule has 2 aliphatic heterocycles. The number of carbonyl (C=O) groups is 1. The molecule has 0 bridgehead atoms. The zero-order chi connectivity index (χ0) is 12.6. The molecule has 1 aromatic carbocycles. The van der Waals surface area contributed by atoms with Gasteiger partial charge in [-0.05, 0) is 37.6 Å². The third-order valence-electron chi connectivity index (χ3n) is 4.36. The molecular formula is C14H17ClN2O. The summed E-state index contributed by atoms with van der Waals surface area (Å²) >= 11 is 6.30. The molecular weight excluding hydrogens is 248 g/mol. The maximum Gasteiger partial charge on any atom is 0.227 e. The van der Waals surface area contributed by atoms with E-state index in [-0.39, 0.29) is 17.2 Å². The molecule has 1 amide bonds. The summed E-state index contributed by atoms with van der Waals surface area (Å²) in [5.41, 5.74) is 0.857. The zero-order valence-corrected chi connectivity index (χ0v) is 11.0. The third kappa shape index (κ3) is 1.73. The Morgan fingerprint density at radius 1 is 1.22 bits per heavy atom. The minimum absolute atomic E-state index is 0.203. The van der Waals surface area contributed by atoms with E-state index in [0.29, 0.717) is 6.54 Å². The van der Waals surface area contributed by atoms with E-state index in [9.17, 15) is 4.79 Å². The summed E-state index contributed by atoms with van der Waals surface area (Å²) in [4.78, 5) is 12.3. The van der Waals surface area contributed by atoms with Crippen LogP contribution in [0.5, 0.6) is 0 Å². The molecule has 4 heteroatoms. The third-order valence-corrected chi connectivity index (χ3v) is 4.71. The van der Waals surface area contributed by atoms with E-state index in [1.54, 1.807) is 0 Å². The Morgan fingerprint density at radius 3 is 2.67 bits per heavy atom. The zero-order valence-electron chi connectivity index (χ0n) is 10.2. The number of amides is 1. The van der Waals surface area contributed by atoms with Crippen molar-refractivity contribution in [3.05, 3.63) is 34.9 Å². The van der Waals surface area contributed by atoms with Crippen molar-refractivity contribution in [2.45, 2.75) is 18.8 Å². The highest BCUT2D eigenvalue weighted by molar-refractivity contribution is 6.31. The summed E-state index contributed by atoms with van der Waals surface area (Å²) in [7, 11) is 0. The summed E-state index contributed by atoms with van der Waals surface area (Å²) in [6, 6.07) is 7.90. The Balaban J connectivity index is 2.01. The molecule has 0 saturated carbocycles. The molecule has 0 radical (unpaired) electrons. The molecule has 2 aliphatic rings. The van der Waals surface area contributed by atoms with Gasteiger partial charge in [-0.3, -0.25) is 4.79 Å². The van der Waals surface area contributed by atoms with Gasteiger partial charge in [-0.25, -0.2) is 0 Å². The first kappa shape index (κ1) is 12.0. The van der Waals surface area contributed by atoms with Gasteiger partial charge >= 0.3 is 0 Å². The van der Waals surface area contributed by atoms with Gasteiger partial charge in [-0.15, -0.1) is 0 Å². The average Bonchev–Trinajstić information content (AvgIpc) is 2.69. The van der Waals surface area contributed by atoms with Gasteiger partial charge in [0.1, 0.15) is 0 Å². The van der Waals surface area contributed by atoms with E-state index in [2.05, 4.69) is 16.7 Å². The van der Waals surface area contributed by atoms with E-state index in [1.165, 1.54) is 0 Å². The molecule has 2 heterocycles. The lowest BCUT2D eigenvalue weighted by molar-refractivity contribution is -0.129. The van der Waals surface area contributed by atoms with Crippen molar-refractivity contribution >= 4 is 17.5 Å². The van der Waals surface area contributed by atoms with Crippen molar-refractivity contribution in [3.8, 4) is 0 Å². The van der Waals surface area contributed by atoms with Crippen molar-refractivity contribution in [1.29, 1.82) is 0 Å². The molecule has 2 N–H and O–H groups in total. The largest absolute Gasteiger partial charge is 0.355 e. The molecule has 3 rings (SSSR count). The van der Waals surface area contributed by atoms with Gasteiger partial charge in [-0.2, -0.15) is 0 Å². The summed E-state index contributed by atoms with van der Waals surface area (Å²) in [6.07, 6.45) is 1.80. The summed E-state index contributed by atoms with van der Waals surface area (Å²) in [6.45, 7) is 2.53. The fourth-order valence-corrected chi connectivity index (χ4v) is 3.61. The van der Waals surface area contributed by atoms with Crippen molar-refractivity contribution in [1.82, 2.24) is 10.6 Å². The van der Waals surface area contributed by atoms with Crippen molar-refractivity contribution in [2.24, 2.45) is 5.41 Å². The lowest BCUT2D eigenvalue weighted by Crippen LogP contribution is -2.44. The fourth-order valence-electron chi connectivity index (χ4n) is 3.34. The number of carbonyl (C=O) groups excluding carboxylic acids is 1. The Hall–Kier alpha value is -1.06. The van der Waals surface area contributed by atoms with Crippen LogP contribution in [0.15, 0.2) is 24.3 Å². The van der Waals surface area contributed by atoms with E-state index < -0.39 is 0 Å². The van der Waals surface area contributed by atoms with Gasteiger partial charge in [-0.1, -0.05) is 29.8 Å². The van der Waals surface area contributed by atoms with Crippen LogP contribution >= 0.6 is 11.6 Å². The normalized spacial score (nSPS) is 26.3. The topological polar surface area (TPSA) is 41.1 Å². The predicted octanol–water partition coefficient (Wildman–Crippen LogP) is 1.92. The molecule has 96 valence electrons. The Labute approximate surface area is 112 Å². The number of nitrogens with one attached hydrogen (secondary N) is 2. The fraction of sp³-hybridized carbons (Fsp3) is 0.500. The van der Waals surface area contributed by atoms with Crippen LogP contribution < -0.4 is 10.6 Å². The molecule has 1 atom stereocenters. The lowest BCUT2D eigenvalue weighted by Gasteiger charge is -2.36. The maximum absolute atomic E-state index is 12.3. The molecule has 2 saturated heterocycles. The second kappa shape index (κ2) is 4.56. The predicted molar refractivity (Wildman–Crippen MR) is 71.7 cm³/mol. The molecule has 1 aromatic rings. The van der Waals surface area contributed by atoms with Crippen LogP contribution in [0, 0.1) is 5.41 Å². The molecule has 1 spiro atoms. The van der Waals surface area contributed by atoms with Gasteiger partial charge in [0, 0.05) is 17.5 Å². The number of hydrogen-bond donors (Lipinski definition) is 2. The molecule has 0 aromatic heterocycles. The number of halogens is 1. The van der Waals surface area contributed by atoms with Crippen LogP contribution in [0.25, 0.3) is 0 Å². The van der Waals surface area contributed by atoms with Crippen LogP contribution in [0.3, 0.4) is 0 Å². The first-order valence-corrected chi connectivity index (χ1v) is 6.85. The van der Waals surface area contributed by atoms with Crippen LogP contribution in [-0.4, -0.2) is 25.5 Å². The van der Waals surface area contributed by atoms with Gasteiger partial charge in [0.05, 0.1) is 5.41 Å². The number of piperidine rings is 1. The highest BCUT2D eigenvalue weighted by atomic mass is 35.5. The van der Waals surface area contributed by atoms with Crippen molar-refractivity contribution < 1.29 is 4.79 Å². The average molecular weight is 265 g/mol. The number of rotatable bonds is 1. The standard InChI is InChI=1S/C14H17ClN2O/c15-12-4-2-1-3-10(12)11-9-17-13(18)14(11)5-7-16-8-6-14/h1-4,11,16H,5-9H2,(H,17,18). The minimum Gasteiger partial charge on any atom is -0.355 e. The summed E-state index contributed by atoms with van der Waals surface area (Å²) < 4.78 is 0. The highest BCUT2D eigenvalue weighted by Crippen LogP contribution is 2.47. The smallest absolute Gasteiger partial charge is 0.227 e. The Kier molecular flexibility index (Phi) is 3.04. The lowest BCUT2D eigenvalue weighted by atomic mass is 9.68. The van der Waals surface area contributed by atoms with E-state index in [4.69, 9.17) is 11.6 Å². The van der Waals surface area contributed by atoms with Crippen molar-refractivity contribution in [3.63, 3.8) is 0 Å². The maximum atomic E-state index is 12.3. The van der Waals surface area contributed by atoms with E-state index in [1.807, 2.05) is 18.2 Å². The van der Waals surface area contributed by atoms with E-state index in [0.717, 1.165) is 36.5 Å². The van der Waals surface area contributed by atoms with Crippen LogP contribution in [0.1, 0.15) is 24.3 Å². The quantitative estimate of drug-likeness (QED) is 0.814. The first-order chi connectivity index (χ1) is 8.74. The molecule has 2 fully saturated rings. The highest BCUT2D eigenvalue weighted by Gasteiger charge is 2.51. The number of benzene rings is 1. The van der Waals surface area contributed by atoms with Crippen LogP contribution in [0.2, 0.25) is 5.02 Å². The second-order valence-electron chi connectivity index (χ2n) is 5.19. The van der Waals surface area contributed by atoms with Crippen molar-refractivity contribution in [2.75, 3.05) is 19.6 Å². The van der Waals surface area contributed by atoms with Crippen LogP contribution in [0.4, 0.5) is 0 Å². The Morgan fingerprint density at radius 2 is 1.94 bits per heavy atom. The molecule has 0 aliphatic carbocycles. The van der Waals surface area contributed by atoms with Gasteiger partial charge in [0.25, 0.3) is 0 Å². The minimum atomic E-state index is -0.254. The van der Waals surface area contributed by atoms with Crippen LogP contribution in [-0.2, 0) is 4.79 Å². The van der Waals surface area contributed by atoms with Gasteiger partial charge in [0.15, 0.2) is 0 Å². The SMILES string of the molecule is O=C1NCC(c2ccccc2Cl)C12CCNCC2.